The molecule has 0 radical (unpaired) electrons. The number of nitro benzene ring substituents is 1. The van der Waals surface area contributed by atoms with Crippen molar-refractivity contribution in [2.45, 2.75) is 6.92 Å². The van der Waals surface area contributed by atoms with Crippen LogP contribution in [0.4, 0.5) is 11.4 Å². The van der Waals surface area contributed by atoms with E-state index in [0.29, 0.717) is 32.9 Å². The van der Waals surface area contributed by atoms with Crippen molar-refractivity contribution in [3.63, 3.8) is 0 Å². The zero-order chi connectivity index (χ0) is 19.8. The van der Waals surface area contributed by atoms with Gasteiger partial charge in [0.2, 0.25) is 0 Å². The van der Waals surface area contributed by atoms with Gasteiger partial charge in [-0.2, -0.15) is 5.10 Å². The average Bonchev–Trinajstić information content (AvgIpc) is 2.61. The van der Waals surface area contributed by atoms with E-state index in [-0.39, 0.29) is 5.69 Å². The molecule has 0 amide bonds. The Labute approximate surface area is 168 Å². The molecule has 142 valence electrons. The molecule has 0 saturated heterocycles. The first-order valence-corrected chi connectivity index (χ1v) is 8.83. The normalized spacial score (nSPS) is 10.6. The third kappa shape index (κ3) is 6.09. The first kappa shape index (κ1) is 20.4. The summed E-state index contributed by atoms with van der Waals surface area (Å²) in [6.07, 6.45) is 1.55. The maximum absolute atomic E-state index is 10.7. The number of nitrogens with zero attached hydrogens (tertiary/aromatic N) is 2. The molecule has 2 aromatic carbocycles. The molecule has 0 fully saturated rings. The molecule has 2 rings (SSSR count). The number of aliphatic carboxylic acids is 1. The molecule has 0 unspecified atom stereocenters. The minimum Gasteiger partial charge on any atom is -0.490 e. The molecule has 9 nitrogen and oxygen atoms in total. The molecule has 0 heterocycles. The Morgan fingerprint density at radius 1 is 1.33 bits per heavy atom. The highest BCUT2D eigenvalue weighted by Crippen LogP contribution is 2.34. The van der Waals surface area contributed by atoms with Crippen molar-refractivity contribution in [3.05, 3.63) is 55.6 Å². The summed E-state index contributed by atoms with van der Waals surface area (Å²) in [4.78, 5) is 20.9. The Bertz CT molecular complexity index is 854. The van der Waals surface area contributed by atoms with Gasteiger partial charge in [-0.05, 0) is 59.3 Å². The first-order chi connectivity index (χ1) is 12.9. The number of nitro groups is 1. The highest BCUT2D eigenvalue weighted by Gasteiger charge is 2.13. The van der Waals surface area contributed by atoms with Crippen LogP contribution in [0.1, 0.15) is 12.5 Å². The molecule has 0 aromatic heterocycles. The number of halogens is 1. The standard InChI is InChI=1S/C17H16IN3O6/c1-2-26-15-8-11(7-14(18)17(15)27-10-16(22)23)9-19-20-12-3-5-13(6-4-12)21(24)25/h3-9,20H,2,10H2,1H3,(H,22,23). The van der Waals surface area contributed by atoms with E-state index in [1.165, 1.54) is 12.1 Å². The zero-order valence-electron chi connectivity index (χ0n) is 14.2. The van der Waals surface area contributed by atoms with Crippen LogP contribution in [0.2, 0.25) is 0 Å². The largest absolute Gasteiger partial charge is 0.490 e. The fraction of sp³-hybridized carbons (Fsp3) is 0.176. The summed E-state index contributed by atoms with van der Waals surface area (Å²) in [5.41, 5.74) is 4.08. The van der Waals surface area contributed by atoms with E-state index in [9.17, 15) is 14.9 Å². The van der Waals surface area contributed by atoms with Crippen LogP contribution in [0.5, 0.6) is 11.5 Å². The number of nitrogens with one attached hydrogen (secondary N) is 1. The fourth-order valence-electron chi connectivity index (χ4n) is 2.04. The maximum atomic E-state index is 10.7. The molecule has 0 bridgehead atoms. The second kappa shape index (κ2) is 9.71. The summed E-state index contributed by atoms with van der Waals surface area (Å²) < 4.78 is 11.5. The van der Waals surface area contributed by atoms with Crippen molar-refractivity contribution in [1.82, 2.24) is 0 Å². The Hall–Kier alpha value is -2.89. The van der Waals surface area contributed by atoms with Gasteiger partial charge >= 0.3 is 5.97 Å². The lowest BCUT2D eigenvalue weighted by Gasteiger charge is -2.13. The smallest absolute Gasteiger partial charge is 0.341 e. The third-order valence-electron chi connectivity index (χ3n) is 3.16. The highest BCUT2D eigenvalue weighted by atomic mass is 127. The van der Waals surface area contributed by atoms with E-state index in [2.05, 4.69) is 10.5 Å². The fourth-order valence-corrected chi connectivity index (χ4v) is 2.82. The number of non-ortho nitro benzene ring substituents is 1. The van der Waals surface area contributed by atoms with E-state index in [0.717, 1.165) is 0 Å². The minimum absolute atomic E-state index is 0.00242. The molecular weight excluding hydrogens is 469 g/mol. The summed E-state index contributed by atoms with van der Waals surface area (Å²) >= 11 is 2.03. The molecule has 0 aliphatic heterocycles. The van der Waals surface area contributed by atoms with Crippen molar-refractivity contribution in [3.8, 4) is 11.5 Å². The van der Waals surface area contributed by atoms with Gasteiger partial charge in [-0.15, -0.1) is 0 Å². The van der Waals surface area contributed by atoms with Gasteiger partial charge in [0.15, 0.2) is 18.1 Å². The predicted octanol–water partition coefficient (Wildman–Crippen LogP) is 3.51. The van der Waals surface area contributed by atoms with E-state index in [1.54, 1.807) is 30.5 Å². The number of anilines is 1. The molecule has 10 heteroatoms. The van der Waals surface area contributed by atoms with Gasteiger partial charge in [-0.1, -0.05) is 0 Å². The van der Waals surface area contributed by atoms with Crippen molar-refractivity contribution in [1.29, 1.82) is 0 Å². The van der Waals surface area contributed by atoms with Gasteiger partial charge in [-0.25, -0.2) is 4.79 Å². The van der Waals surface area contributed by atoms with Crippen molar-refractivity contribution in [2.75, 3.05) is 18.6 Å². The van der Waals surface area contributed by atoms with Crippen LogP contribution in [0.25, 0.3) is 0 Å². The van der Waals surface area contributed by atoms with Crippen LogP contribution in [-0.4, -0.2) is 35.4 Å². The van der Waals surface area contributed by atoms with E-state index in [4.69, 9.17) is 14.6 Å². The molecule has 0 atom stereocenters. The second-order valence-electron chi connectivity index (χ2n) is 5.12. The molecule has 0 spiro atoms. The first-order valence-electron chi connectivity index (χ1n) is 7.75. The Kier molecular flexibility index (Phi) is 7.34. The lowest BCUT2D eigenvalue weighted by atomic mass is 10.2. The Morgan fingerprint density at radius 3 is 2.63 bits per heavy atom. The van der Waals surface area contributed by atoms with Gasteiger partial charge in [0.05, 0.1) is 27.0 Å². The summed E-state index contributed by atoms with van der Waals surface area (Å²) in [6.45, 7) is 1.73. The SMILES string of the molecule is CCOc1cc(C=NNc2ccc([N+](=O)[O-])cc2)cc(I)c1OCC(=O)O. The summed E-state index contributed by atoms with van der Waals surface area (Å²) in [5, 5.41) is 23.5. The van der Waals surface area contributed by atoms with E-state index >= 15 is 0 Å². The van der Waals surface area contributed by atoms with Gasteiger partial charge in [0.25, 0.3) is 5.69 Å². The topological polar surface area (TPSA) is 123 Å². The van der Waals surface area contributed by atoms with Gasteiger partial charge < -0.3 is 14.6 Å². The van der Waals surface area contributed by atoms with Crippen LogP contribution in [0.15, 0.2) is 41.5 Å². The minimum atomic E-state index is -1.08. The highest BCUT2D eigenvalue weighted by molar-refractivity contribution is 14.1. The molecule has 27 heavy (non-hydrogen) atoms. The van der Waals surface area contributed by atoms with Crippen molar-refractivity contribution in [2.24, 2.45) is 5.10 Å². The molecule has 0 saturated carbocycles. The lowest BCUT2D eigenvalue weighted by molar-refractivity contribution is -0.384. The number of hydrogen-bond donors (Lipinski definition) is 2. The summed E-state index contributed by atoms with van der Waals surface area (Å²) in [5.74, 6) is -0.297. The van der Waals surface area contributed by atoms with Crippen LogP contribution in [0, 0.1) is 13.7 Å². The van der Waals surface area contributed by atoms with E-state index in [1.807, 2.05) is 29.5 Å². The number of hydrazone groups is 1. The summed E-state index contributed by atoms with van der Waals surface area (Å²) in [7, 11) is 0. The van der Waals surface area contributed by atoms with Gasteiger partial charge in [-0.3, -0.25) is 15.5 Å². The second-order valence-corrected chi connectivity index (χ2v) is 6.28. The van der Waals surface area contributed by atoms with Crippen molar-refractivity contribution >= 4 is 46.1 Å². The van der Waals surface area contributed by atoms with Gasteiger partial charge in [0, 0.05) is 12.1 Å². The number of carboxylic acids is 1. The number of carbonyl (C=O) groups is 1. The molecule has 2 N–H and O–H groups in total. The van der Waals surface area contributed by atoms with Crippen LogP contribution >= 0.6 is 22.6 Å². The van der Waals surface area contributed by atoms with Crippen LogP contribution < -0.4 is 14.9 Å². The number of rotatable bonds is 9. The molecule has 0 aliphatic rings. The third-order valence-corrected chi connectivity index (χ3v) is 3.96. The number of hydrogen-bond acceptors (Lipinski definition) is 7. The molecule has 0 aliphatic carbocycles. The zero-order valence-corrected chi connectivity index (χ0v) is 16.4. The lowest BCUT2D eigenvalue weighted by Crippen LogP contribution is -2.11. The van der Waals surface area contributed by atoms with Crippen LogP contribution in [0.3, 0.4) is 0 Å². The summed E-state index contributed by atoms with van der Waals surface area (Å²) in [6, 6.07) is 9.30. The molecule has 2 aromatic rings. The van der Waals surface area contributed by atoms with Crippen LogP contribution in [-0.2, 0) is 4.79 Å². The maximum Gasteiger partial charge on any atom is 0.341 e. The average molecular weight is 485 g/mol. The molecular formula is C17H16IN3O6. The quantitative estimate of drug-likeness (QED) is 0.241. The van der Waals surface area contributed by atoms with E-state index < -0.39 is 17.5 Å². The monoisotopic (exact) mass is 485 g/mol. The number of benzene rings is 2. The van der Waals surface area contributed by atoms with Gasteiger partial charge in [0.1, 0.15) is 0 Å². The Morgan fingerprint density at radius 2 is 2.04 bits per heavy atom. The van der Waals surface area contributed by atoms with Crippen molar-refractivity contribution < 1.29 is 24.3 Å². The number of ether oxygens (including phenoxy) is 2. The predicted molar refractivity (Wildman–Crippen MR) is 108 cm³/mol. The number of carboxylic acid groups (broad SMARTS) is 1. The Balaban J connectivity index is 2.13.